The first-order valence-electron chi connectivity index (χ1n) is 7.90. The SMILES string of the molecule is CCC1CCCCN1C(=O)C=Cc1ccc(OC)c(OC)c1. The Hall–Kier alpha value is -1.97. The van der Waals surface area contributed by atoms with Crippen molar-refractivity contribution in [2.24, 2.45) is 0 Å². The van der Waals surface area contributed by atoms with Gasteiger partial charge in [0, 0.05) is 18.7 Å². The third-order valence-corrected chi connectivity index (χ3v) is 4.21. The largest absolute Gasteiger partial charge is 0.493 e. The Bertz CT molecular complexity index is 539. The molecule has 1 amide bonds. The lowest BCUT2D eigenvalue weighted by Gasteiger charge is -2.34. The highest BCUT2D eigenvalue weighted by Crippen LogP contribution is 2.28. The number of benzene rings is 1. The first-order valence-corrected chi connectivity index (χ1v) is 7.90. The number of hydrogen-bond donors (Lipinski definition) is 0. The standard InChI is InChI=1S/C18H25NO3/c1-4-15-7-5-6-12-19(15)18(20)11-9-14-8-10-16(21-2)17(13-14)22-3/h8-11,13,15H,4-7,12H2,1-3H3. The van der Waals surface area contributed by atoms with Crippen LogP contribution < -0.4 is 9.47 Å². The van der Waals surface area contributed by atoms with E-state index in [1.54, 1.807) is 20.3 Å². The van der Waals surface area contributed by atoms with Crippen molar-refractivity contribution in [2.45, 2.75) is 38.6 Å². The van der Waals surface area contributed by atoms with Crippen LogP contribution in [0.2, 0.25) is 0 Å². The Balaban J connectivity index is 2.08. The molecule has 0 N–H and O–H groups in total. The smallest absolute Gasteiger partial charge is 0.246 e. The van der Waals surface area contributed by atoms with Crippen molar-refractivity contribution in [3.63, 3.8) is 0 Å². The number of piperidine rings is 1. The number of likely N-dealkylation sites (tertiary alicyclic amines) is 1. The highest BCUT2D eigenvalue weighted by atomic mass is 16.5. The van der Waals surface area contributed by atoms with E-state index in [1.165, 1.54) is 6.42 Å². The highest BCUT2D eigenvalue weighted by molar-refractivity contribution is 5.92. The van der Waals surface area contributed by atoms with Crippen LogP contribution in [0.25, 0.3) is 6.08 Å². The molecule has 1 aromatic rings. The van der Waals surface area contributed by atoms with Gasteiger partial charge in [0.05, 0.1) is 14.2 Å². The van der Waals surface area contributed by atoms with E-state index in [2.05, 4.69) is 6.92 Å². The fraction of sp³-hybridized carbons (Fsp3) is 0.500. The number of methoxy groups -OCH3 is 2. The van der Waals surface area contributed by atoms with E-state index in [1.807, 2.05) is 29.2 Å². The second kappa shape index (κ2) is 7.87. The zero-order valence-corrected chi connectivity index (χ0v) is 13.7. The Morgan fingerprint density at radius 2 is 2.05 bits per heavy atom. The Morgan fingerprint density at radius 1 is 1.27 bits per heavy atom. The lowest BCUT2D eigenvalue weighted by atomic mass is 10.00. The van der Waals surface area contributed by atoms with Crippen molar-refractivity contribution in [3.05, 3.63) is 29.8 Å². The normalized spacial score (nSPS) is 18.5. The number of carbonyl (C=O) groups excluding carboxylic acids is 1. The van der Waals surface area contributed by atoms with E-state index in [0.717, 1.165) is 31.4 Å². The third kappa shape index (κ3) is 3.81. The average molecular weight is 303 g/mol. The third-order valence-electron chi connectivity index (χ3n) is 4.21. The fourth-order valence-electron chi connectivity index (χ4n) is 2.93. The van der Waals surface area contributed by atoms with Crippen molar-refractivity contribution in [1.82, 2.24) is 4.90 Å². The van der Waals surface area contributed by atoms with E-state index in [9.17, 15) is 4.79 Å². The number of ether oxygens (including phenoxy) is 2. The number of amides is 1. The maximum absolute atomic E-state index is 12.4. The summed E-state index contributed by atoms with van der Waals surface area (Å²) in [5, 5.41) is 0. The number of rotatable bonds is 5. The molecule has 4 nitrogen and oxygen atoms in total. The molecule has 0 bridgehead atoms. The van der Waals surface area contributed by atoms with Gasteiger partial charge in [-0.25, -0.2) is 0 Å². The molecule has 0 aromatic heterocycles. The van der Waals surface area contributed by atoms with Gasteiger partial charge in [-0.2, -0.15) is 0 Å². The van der Waals surface area contributed by atoms with Gasteiger partial charge in [-0.3, -0.25) is 4.79 Å². The second-order valence-corrected chi connectivity index (χ2v) is 5.54. The predicted octanol–water partition coefficient (Wildman–Crippen LogP) is 3.51. The Kier molecular flexibility index (Phi) is 5.87. The maximum atomic E-state index is 12.4. The van der Waals surface area contributed by atoms with Crippen molar-refractivity contribution in [2.75, 3.05) is 20.8 Å². The molecule has 0 radical (unpaired) electrons. The van der Waals surface area contributed by atoms with Crippen LogP contribution >= 0.6 is 0 Å². The maximum Gasteiger partial charge on any atom is 0.246 e. The summed E-state index contributed by atoms with van der Waals surface area (Å²) in [5.74, 6) is 1.45. The summed E-state index contributed by atoms with van der Waals surface area (Å²) in [5.41, 5.74) is 0.927. The fourth-order valence-corrected chi connectivity index (χ4v) is 2.93. The lowest BCUT2D eigenvalue weighted by Crippen LogP contribution is -2.42. The van der Waals surface area contributed by atoms with Crippen LogP contribution in [0.4, 0.5) is 0 Å². The summed E-state index contributed by atoms with van der Waals surface area (Å²) >= 11 is 0. The topological polar surface area (TPSA) is 38.8 Å². The van der Waals surface area contributed by atoms with Crippen molar-refractivity contribution >= 4 is 12.0 Å². The first kappa shape index (κ1) is 16.4. The summed E-state index contributed by atoms with van der Waals surface area (Å²) in [6.07, 6.45) is 7.97. The number of carbonyl (C=O) groups is 1. The molecule has 0 spiro atoms. The molecule has 1 saturated heterocycles. The van der Waals surface area contributed by atoms with Gasteiger partial charge in [0.25, 0.3) is 0 Å². The molecule has 1 atom stereocenters. The highest BCUT2D eigenvalue weighted by Gasteiger charge is 2.23. The van der Waals surface area contributed by atoms with E-state index in [4.69, 9.17) is 9.47 Å². The minimum atomic E-state index is 0.0985. The molecule has 1 aliphatic heterocycles. The number of hydrogen-bond acceptors (Lipinski definition) is 3. The van der Waals surface area contributed by atoms with Gasteiger partial charge in [-0.1, -0.05) is 13.0 Å². The molecular formula is C18H25NO3. The molecule has 1 fully saturated rings. The van der Waals surface area contributed by atoms with Crippen LogP contribution in [0.1, 0.15) is 38.2 Å². The van der Waals surface area contributed by atoms with E-state index in [0.29, 0.717) is 17.5 Å². The van der Waals surface area contributed by atoms with Gasteiger partial charge in [0.2, 0.25) is 5.91 Å². The molecule has 120 valence electrons. The van der Waals surface area contributed by atoms with Crippen LogP contribution in [0.3, 0.4) is 0 Å². The summed E-state index contributed by atoms with van der Waals surface area (Å²) in [7, 11) is 3.22. The molecule has 2 rings (SSSR count). The molecule has 1 aromatic carbocycles. The van der Waals surface area contributed by atoms with Crippen LogP contribution in [0.15, 0.2) is 24.3 Å². The summed E-state index contributed by atoms with van der Waals surface area (Å²) in [6.45, 7) is 3.02. The minimum Gasteiger partial charge on any atom is -0.493 e. The zero-order chi connectivity index (χ0) is 15.9. The zero-order valence-electron chi connectivity index (χ0n) is 13.7. The summed E-state index contributed by atoms with van der Waals surface area (Å²) in [6, 6.07) is 6.02. The molecule has 1 unspecified atom stereocenters. The second-order valence-electron chi connectivity index (χ2n) is 5.54. The molecule has 1 aliphatic rings. The summed E-state index contributed by atoms with van der Waals surface area (Å²) < 4.78 is 10.5. The Morgan fingerprint density at radius 3 is 2.73 bits per heavy atom. The average Bonchev–Trinajstić information content (AvgIpc) is 2.59. The monoisotopic (exact) mass is 303 g/mol. The van der Waals surface area contributed by atoms with E-state index < -0.39 is 0 Å². The molecule has 22 heavy (non-hydrogen) atoms. The van der Waals surface area contributed by atoms with Gasteiger partial charge >= 0.3 is 0 Å². The molecule has 4 heteroatoms. The van der Waals surface area contributed by atoms with Gasteiger partial charge in [-0.15, -0.1) is 0 Å². The number of nitrogens with zero attached hydrogens (tertiary/aromatic N) is 1. The van der Waals surface area contributed by atoms with Crippen LogP contribution in [0.5, 0.6) is 11.5 Å². The van der Waals surface area contributed by atoms with Crippen LogP contribution in [-0.2, 0) is 4.79 Å². The Labute approximate surface area is 132 Å². The lowest BCUT2D eigenvalue weighted by molar-refractivity contribution is -0.129. The van der Waals surface area contributed by atoms with Crippen molar-refractivity contribution < 1.29 is 14.3 Å². The predicted molar refractivity (Wildman–Crippen MR) is 88.2 cm³/mol. The molecule has 0 aliphatic carbocycles. The van der Waals surface area contributed by atoms with Gasteiger partial charge in [-0.05, 0) is 49.5 Å². The van der Waals surface area contributed by atoms with Gasteiger partial charge in [0.15, 0.2) is 11.5 Å². The quantitative estimate of drug-likeness (QED) is 0.781. The minimum absolute atomic E-state index is 0.0985. The van der Waals surface area contributed by atoms with Crippen molar-refractivity contribution in [1.29, 1.82) is 0 Å². The van der Waals surface area contributed by atoms with E-state index in [-0.39, 0.29) is 5.91 Å². The molecular weight excluding hydrogens is 278 g/mol. The molecule has 1 heterocycles. The first-order chi connectivity index (χ1) is 10.7. The van der Waals surface area contributed by atoms with E-state index >= 15 is 0 Å². The molecule has 0 saturated carbocycles. The van der Waals surface area contributed by atoms with Crippen LogP contribution in [0, 0.1) is 0 Å². The van der Waals surface area contributed by atoms with Crippen molar-refractivity contribution in [3.8, 4) is 11.5 Å². The van der Waals surface area contributed by atoms with Gasteiger partial charge < -0.3 is 14.4 Å². The summed E-state index contributed by atoms with van der Waals surface area (Å²) in [4.78, 5) is 14.4. The van der Waals surface area contributed by atoms with Crippen LogP contribution in [-0.4, -0.2) is 37.6 Å². The van der Waals surface area contributed by atoms with Gasteiger partial charge in [0.1, 0.15) is 0 Å².